The third-order valence-corrected chi connectivity index (χ3v) is 3.11. The average molecular weight is 281 g/mol. The maximum Gasteiger partial charge on any atom is 0.332 e. The van der Waals surface area contributed by atoms with Crippen molar-refractivity contribution in [1.29, 1.82) is 0 Å². The van der Waals surface area contributed by atoms with E-state index >= 15 is 0 Å². The SMILES string of the molecule is CC(=O)C1=C(C(=O)O)Cc2cc(Br)ccc21. The number of ketones is 1. The molecule has 0 radical (unpaired) electrons. The highest BCUT2D eigenvalue weighted by Gasteiger charge is 2.28. The molecule has 4 heteroatoms. The molecule has 0 bridgehead atoms. The number of carbonyl (C=O) groups is 2. The lowest BCUT2D eigenvalue weighted by Gasteiger charge is -2.02. The van der Waals surface area contributed by atoms with Gasteiger partial charge in [-0.05, 0) is 30.2 Å². The molecule has 0 aromatic heterocycles. The lowest BCUT2D eigenvalue weighted by molar-refractivity contribution is -0.132. The second kappa shape index (κ2) is 3.87. The van der Waals surface area contributed by atoms with Gasteiger partial charge in [0.2, 0.25) is 0 Å². The first kappa shape index (κ1) is 11.1. The molecule has 1 aromatic rings. The predicted octanol–water partition coefficient (Wildman–Crippen LogP) is 2.43. The molecule has 1 aliphatic rings. The Balaban J connectivity index is 2.62. The van der Waals surface area contributed by atoms with Crippen LogP contribution in [0.4, 0.5) is 0 Å². The molecule has 0 unspecified atom stereocenters. The van der Waals surface area contributed by atoms with Gasteiger partial charge in [-0.3, -0.25) is 4.79 Å². The summed E-state index contributed by atoms with van der Waals surface area (Å²) in [5.74, 6) is -1.21. The minimum absolute atomic E-state index is 0.195. The van der Waals surface area contributed by atoms with Crippen molar-refractivity contribution in [3.8, 4) is 0 Å². The van der Waals surface area contributed by atoms with Crippen LogP contribution in [0.3, 0.4) is 0 Å². The van der Waals surface area contributed by atoms with Crippen molar-refractivity contribution >= 4 is 33.3 Å². The van der Waals surface area contributed by atoms with Crippen LogP contribution in [0, 0.1) is 0 Å². The second-order valence-electron chi connectivity index (χ2n) is 3.69. The smallest absolute Gasteiger partial charge is 0.332 e. The Bertz CT molecular complexity index is 529. The number of hydrogen-bond donors (Lipinski definition) is 1. The van der Waals surface area contributed by atoms with Gasteiger partial charge in [-0.25, -0.2) is 4.79 Å². The Morgan fingerprint density at radius 2 is 2.06 bits per heavy atom. The van der Waals surface area contributed by atoms with Gasteiger partial charge in [0.15, 0.2) is 5.78 Å². The first-order chi connectivity index (χ1) is 7.50. The standard InChI is InChI=1S/C12H9BrO3/c1-6(14)11-9-3-2-8(13)4-7(9)5-10(11)12(15)16/h2-4H,5H2,1H3,(H,15,16). The summed E-state index contributed by atoms with van der Waals surface area (Å²) in [6.45, 7) is 1.40. The number of halogens is 1. The lowest BCUT2D eigenvalue weighted by atomic mass is 10.0. The van der Waals surface area contributed by atoms with Crippen LogP contribution in [0.25, 0.3) is 5.57 Å². The van der Waals surface area contributed by atoms with Crippen molar-refractivity contribution in [3.05, 3.63) is 39.4 Å². The van der Waals surface area contributed by atoms with Gasteiger partial charge in [-0.2, -0.15) is 0 Å². The fourth-order valence-electron chi connectivity index (χ4n) is 1.98. The summed E-state index contributed by atoms with van der Waals surface area (Å²) in [4.78, 5) is 22.5. The van der Waals surface area contributed by atoms with Crippen LogP contribution in [-0.4, -0.2) is 16.9 Å². The molecule has 1 aromatic carbocycles. The van der Waals surface area contributed by atoms with E-state index in [0.29, 0.717) is 12.0 Å². The summed E-state index contributed by atoms with van der Waals surface area (Å²) in [5, 5.41) is 9.05. The molecule has 0 amide bonds. The summed E-state index contributed by atoms with van der Waals surface area (Å²) in [6, 6.07) is 5.45. The van der Waals surface area contributed by atoms with Crippen molar-refractivity contribution < 1.29 is 14.7 Å². The fraction of sp³-hybridized carbons (Fsp3) is 0.167. The van der Waals surface area contributed by atoms with E-state index in [1.165, 1.54) is 6.92 Å². The van der Waals surface area contributed by atoms with E-state index in [1.807, 2.05) is 12.1 Å². The molecule has 0 aliphatic heterocycles. The lowest BCUT2D eigenvalue weighted by Crippen LogP contribution is -2.05. The van der Waals surface area contributed by atoms with Crippen LogP contribution < -0.4 is 0 Å². The summed E-state index contributed by atoms with van der Waals surface area (Å²) < 4.78 is 0.890. The van der Waals surface area contributed by atoms with Crippen LogP contribution in [0.1, 0.15) is 18.1 Å². The Morgan fingerprint density at radius 3 is 2.62 bits per heavy atom. The molecular formula is C12H9BrO3. The number of carboxylic acid groups (broad SMARTS) is 1. The normalized spacial score (nSPS) is 13.9. The van der Waals surface area contributed by atoms with Crippen molar-refractivity contribution in [3.63, 3.8) is 0 Å². The summed E-state index contributed by atoms with van der Waals surface area (Å²) in [7, 11) is 0. The van der Waals surface area contributed by atoms with Crippen LogP contribution in [0.5, 0.6) is 0 Å². The monoisotopic (exact) mass is 280 g/mol. The Morgan fingerprint density at radius 1 is 1.38 bits per heavy atom. The molecule has 2 rings (SSSR count). The van der Waals surface area contributed by atoms with Gasteiger partial charge >= 0.3 is 5.97 Å². The van der Waals surface area contributed by atoms with Crippen molar-refractivity contribution in [2.45, 2.75) is 13.3 Å². The van der Waals surface area contributed by atoms with E-state index in [1.54, 1.807) is 6.07 Å². The molecule has 0 saturated heterocycles. The first-order valence-corrected chi connectivity index (χ1v) is 5.56. The summed E-state index contributed by atoms with van der Waals surface area (Å²) in [5.41, 5.74) is 2.17. The predicted molar refractivity (Wildman–Crippen MR) is 63.1 cm³/mol. The topological polar surface area (TPSA) is 54.4 Å². The number of Topliss-reactive ketones (excluding diaryl/α,β-unsaturated/α-hetero) is 1. The van der Waals surface area contributed by atoms with Gasteiger partial charge in [-0.1, -0.05) is 22.0 Å². The van der Waals surface area contributed by atoms with E-state index in [-0.39, 0.29) is 11.4 Å². The quantitative estimate of drug-likeness (QED) is 0.905. The number of rotatable bonds is 2. The zero-order chi connectivity index (χ0) is 11.9. The van der Waals surface area contributed by atoms with E-state index in [0.717, 1.165) is 15.6 Å². The Kier molecular flexibility index (Phi) is 2.68. The number of carboxylic acids is 1. The van der Waals surface area contributed by atoms with Gasteiger partial charge in [0.25, 0.3) is 0 Å². The van der Waals surface area contributed by atoms with Gasteiger partial charge < -0.3 is 5.11 Å². The van der Waals surface area contributed by atoms with Crippen molar-refractivity contribution in [1.82, 2.24) is 0 Å². The molecule has 0 atom stereocenters. The van der Waals surface area contributed by atoms with E-state index in [9.17, 15) is 9.59 Å². The molecule has 0 heterocycles. The summed E-state index contributed by atoms with van der Waals surface area (Å²) in [6.07, 6.45) is 0.318. The molecule has 1 N–H and O–H groups in total. The van der Waals surface area contributed by atoms with E-state index < -0.39 is 5.97 Å². The highest BCUT2D eigenvalue weighted by molar-refractivity contribution is 9.10. The first-order valence-electron chi connectivity index (χ1n) is 4.77. The molecule has 0 fully saturated rings. The molecule has 16 heavy (non-hydrogen) atoms. The number of carbonyl (C=O) groups excluding carboxylic acids is 1. The number of allylic oxidation sites excluding steroid dienone is 1. The number of fused-ring (bicyclic) bond motifs is 1. The molecule has 1 aliphatic carbocycles. The second-order valence-corrected chi connectivity index (χ2v) is 4.61. The Labute approximate surface area is 101 Å². The van der Waals surface area contributed by atoms with Gasteiger partial charge in [0.1, 0.15) is 0 Å². The minimum Gasteiger partial charge on any atom is -0.478 e. The number of aliphatic carboxylic acids is 1. The van der Waals surface area contributed by atoms with Crippen LogP contribution in [-0.2, 0) is 16.0 Å². The van der Waals surface area contributed by atoms with Gasteiger partial charge in [0, 0.05) is 16.5 Å². The van der Waals surface area contributed by atoms with Crippen molar-refractivity contribution in [2.24, 2.45) is 0 Å². The summed E-state index contributed by atoms with van der Waals surface area (Å²) >= 11 is 3.33. The van der Waals surface area contributed by atoms with Crippen LogP contribution >= 0.6 is 15.9 Å². The molecule has 0 saturated carbocycles. The van der Waals surface area contributed by atoms with Gasteiger partial charge in [0.05, 0.1) is 5.57 Å². The van der Waals surface area contributed by atoms with E-state index in [4.69, 9.17) is 5.11 Å². The number of hydrogen-bond acceptors (Lipinski definition) is 2. The van der Waals surface area contributed by atoms with Gasteiger partial charge in [-0.15, -0.1) is 0 Å². The highest BCUT2D eigenvalue weighted by Crippen LogP contribution is 2.35. The molecule has 82 valence electrons. The van der Waals surface area contributed by atoms with Crippen LogP contribution in [0.2, 0.25) is 0 Å². The largest absolute Gasteiger partial charge is 0.478 e. The minimum atomic E-state index is -1.02. The third-order valence-electron chi connectivity index (χ3n) is 2.62. The molecule has 0 spiro atoms. The third kappa shape index (κ3) is 1.69. The average Bonchev–Trinajstić information content (AvgIpc) is 2.55. The zero-order valence-corrected chi connectivity index (χ0v) is 10.2. The number of benzene rings is 1. The Hall–Kier alpha value is -1.42. The fourth-order valence-corrected chi connectivity index (χ4v) is 2.39. The highest BCUT2D eigenvalue weighted by atomic mass is 79.9. The molecular weight excluding hydrogens is 272 g/mol. The van der Waals surface area contributed by atoms with E-state index in [2.05, 4.69) is 15.9 Å². The van der Waals surface area contributed by atoms with Crippen LogP contribution in [0.15, 0.2) is 28.2 Å². The molecule has 3 nitrogen and oxygen atoms in total. The zero-order valence-electron chi connectivity index (χ0n) is 8.58. The van der Waals surface area contributed by atoms with Crippen molar-refractivity contribution in [2.75, 3.05) is 0 Å². The maximum atomic E-state index is 11.5. The maximum absolute atomic E-state index is 11.5.